The van der Waals surface area contributed by atoms with Crippen molar-refractivity contribution in [1.82, 2.24) is 34.8 Å². The first-order valence-electron chi connectivity index (χ1n) is 11.7. The van der Waals surface area contributed by atoms with E-state index in [2.05, 4.69) is 34.4 Å². The number of nitrogens with one attached hydrogen (secondary N) is 1. The maximum atomic E-state index is 12.3. The molecule has 1 amide bonds. The Labute approximate surface area is 203 Å². The van der Waals surface area contributed by atoms with E-state index < -0.39 is 0 Å². The topological polar surface area (TPSA) is 115 Å². The fraction of sp³-hybridized carbons (Fsp3) is 0.360. The highest BCUT2D eigenvalue weighted by Gasteiger charge is 2.33. The van der Waals surface area contributed by atoms with Gasteiger partial charge in [-0.2, -0.15) is 5.10 Å². The molecule has 2 atom stereocenters. The summed E-state index contributed by atoms with van der Waals surface area (Å²) in [5.74, 6) is 1.17. The van der Waals surface area contributed by atoms with Gasteiger partial charge in [0.15, 0.2) is 0 Å². The van der Waals surface area contributed by atoms with E-state index in [1.165, 1.54) is 0 Å². The van der Waals surface area contributed by atoms with Gasteiger partial charge in [0.1, 0.15) is 17.4 Å². The third-order valence-electron chi connectivity index (χ3n) is 6.26. The van der Waals surface area contributed by atoms with Crippen LogP contribution in [0.15, 0.2) is 53.4 Å². The van der Waals surface area contributed by atoms with Crippen LogP contribution < -0.4 is 5.32 Å². The molecule has 180 valence electrons. The van der Waals surface area contributed by atoms with Gasteiger partial charge in [-0.05, 0) is 30.5 Å². The second kappa shape index (κ2) is 9.28. The summed E-state index contributed by atoms with van der Waals surface area (Å²) in [6.45, 7) is 5.00. The van der Waals surface area contributed by atoms with Crippen molar-refractivity contribution < 1.29 is 9.32 Å². The minimum Gasteiger partial charge on any atom is -0.360 e. The Balaban J connectivity index is 1.38. The Morgan fingerprint density at radius 2 is 1.86 bits per heavy atom. The summed E-state index contributed by atoms with van der Waals surface area (Å²) in [5.41, 5.74) is 3.70. The monoisotopic (exact) mass is 472 g/mol. The number of nitrogens with zero attached hydrogens (tertiary/aromatic N) is 7. The van der Waals surface area contributed by atoms with Gasteiger partial charge in [-0.1, -0.05) is 25.1 Å². The lowest BCUT2D eigenvalue weighted by Crippen LogP contribution is -2.21. The van der Waals surface area contributed by atoms with Gasteiger partial charge < -0.3 is 14.7 Å². The molecule has 4 aromatic rings. The van der Waals surface area contributed by atoms with Crippen molar-refractivity contribution in [1.29, 1.82) is 0 Å². The molecule has 0 radical (unpaired) electrons. The number of carbonyl (C=O) groups excluding carboxylic acids is 1. The number of pyridine rings is 1. The number of aromatic nitrogens is 6. The fourth-order valence-electron chi connectivity index (χ4n) is 4.33. The van der Waals surface area contributed by atoms with Crippen molar-refractivity contribution in [2.75, 3.05) is 18.9 Å². The zero-order valence-corrected chi connectivity index (χ0v) is 20.2. The Bertz CT molecular complexity index is 1340. The molecular weight excluding hydrogens is 444 g/mol. The highest BCUT2D eigenvalue weighted by atomic mass is 16.5. The van der Waals surface area contributed by atoms with E-state index in [9.17, 15) is 4.79 Å². The standard InChI is InChI=1S/C25H28N8O2/c1-15(2)23(16-13-27-33(4)14-16)30-25-26-10-8-20(29-25)18-6-5-7-19(28-18)21-12-22(35-31-21)17-9-11-32(3)24(17)34/h5-8,10,12-15,17,23H,9,11H2,1-4H3,(H,26,29,30)/t17-,23+/m0/s1. The summed E-state index contributed by atoms with van der Waals surface area (Å²) in [5, 5.41) is 11.9. The minimum absolute atomic E-state index is 0.0177. The van der Waals surface area contributed by atoms with E-state index in [1.807, 2.05) is 49.8 Å². The first kappa shape index (κ1) is 22.7. The van der Waals surface area contributed by atoms with Crippen molar-refractivity contribution >= 4 is 11.9 Å². The molecular formula is C25H28N8O2. The SMILES string of the molecule is CC(C)[C@@H](Nc1nccc(-c2cccc(-c3cc([C@@H]4CCN(C)C4=O)on3)n2)n1)c1cnn(C)c1. The first-order valence-corrected chi connectivity index (χ1v) is 11.7. The third-order valence-corrected chi connectivity index (χ3v) is 6.26. The average molecular weight is 473 g/mol. The summed E-state index contributed by atoms with van der Waals surface area (Å²) < 4.78 is 7.30. The van der Waals surface area contributed by atoms with Gasteiger partial charge in [-0.3, -0.25) is 9.48 Å². The highest BCUT2D eigenvalue weighted by molar-refractivity contribution is 5.85. The summed E-state index contributed by atoms with van der Waals surface area (Å²) >= 11 is 0. The van der Waals surface area contributed by atoms with Crippen molar-refractivity contribution in [3.63, 3.8) is 0 Å². The normalized spacial score (nSPS) is 16.8. The number of hydrogen-bond donors (Lipinski definition) is 1. The van der Waals surface area contributed by atoms with Crippen molar-refractivity contribution in [3.05, 3.63) is 60.2 Å². The Hall–Kier alpha value is -4.08. The average Bonchev–Trinajstić information content (AvgIpc) is 3.59. The van der Waals surface area contributed by atoms with Crippen molar-refractivity contribution in [2.45, 2.75) is 32.2 Å². The molecule has 35 heavy (non-hydrogen) atoms. The van der Waals surface area contributed by atoms with E-state index in [4.69, 9.17) is 14.5 Å². The second-order valence-electron chi connectivity index (χ2n) is 9.20. The molecule has 1 aliphatic heterocycles. The number of rotatable bonds is 7. The molecule has 1 fully saturated rings. The van der Waals surface area contributed by atoms with Gasteiger partial charge in [0.25, 0.3) is 0 Å². The van der Waals surface area contributed by atoms with Crippen molar-refractivity contribution in [3.8, 4) is 22.8 Å². The largest absolute Gasteiger partial charge is 0.360 e. The van der Waals surface area contributed by atoms with Gasteiger partial charge in [0, 0.05) is 44.7 Å². The number of anilines is 1. The maximum absolute atomic E-state index is 12.3. The molecule has 4 aromatic heterocycles. The summed E-state index contributed by atoms with van der Waals surface area (Å²) in [7, 11) is 3.70. The van der Waals surface area contributed by atoms with Crippen LogP contribution >= 0.6 is 0 Å². The van der Waals surface area contributed by atoms with E-state index in [0.29, 0.717) is 40.4 Å². The van der Waals surface area contributed by atoms with Crippen LogP contribution in [0.2, 0.25) is 0 Å². The predicted octanol–water partition coefficient (Wildman–Crippen LogP) is 3.68. The van der Waals surface area contributed by atoms with Gasteiger partial charge in [-0.25, -0.2) is 15.0 Å². The number of carbonyl (C=O) groups is 1. The predicted molar refractivity (Wildman–Crippen MR) is 130 cm³/mol. The number of likely N-dealkylation sites (N-methyl/N-ethyl adjacent to an activating group) is 1. The molecule has 1 aliphatic rings. The lowest BCUT2D eigenvalue weighted by atomic mass is 9.99. The van der Waals surface area contributed by atoms with Crippen LogP contribution in [0.25, 0.3) is 22.8 Å². The molecule has 0 aliphatic carbocycles. The molecule has 1 N–H and O–H groups in total. The number of likely N-dealkylation sites (tertiary alicyclic amines) is 1. The maximum Gasteiger partial charge on any atom is 0.233 e. The minimum atomic E-state index is -0.284. The molecule has 0 aromatic carbocycles. The van der Waals surface area contributed by atoms with E-state index in [-0.39, 0.29) is 17.9 Å². The van der Waals surface area contributed by atoms with E-state index in [0.717, 1.165) is 18.5 Å². The van der Waals surface area contributed by atoms with Crippen LogP contribution in [0.5, 0.6) is 0 Å². The van der Waals surface area contributed by atoms with Crippen LogP contribution in [0.4, 0.5) is 5.95 Å². The molecule has 1 saturated heterocycles. The molecule has 10 nitrogen and oxygen atoms in total. The van der Waals surface area contributed by atoms with E-state index in [1.54, 1.807) is 22.8 Å². The molecule has 5 rings (SSSR count). The van der Waals surface area contributed by atoms with Crippen molar-refractivity contribution in [2.24, 2.45) is 13.0 Å². The first-order chi connectivity index (χ1) is 16.9. The fourth-order valence-corrected chi connectivity index (χ4v) is 4.33. The van der Waals surface area contributed by atoms with Gasteiger partial charge in [-0.15, -0.1) is 0 Å². The summed E-state index contributed by atoms with van der Waals surface area (Å²) in [6, 6.07) is 9.32. The van der Waals surface area contributed by atoms with Crippen LogP contribution in [-0.2, 0) is 11.8 Å². The lowest BCUT2D eigenvalue weighted by molar-refractivity contribution is -0.128. The smallest absolute Gasteiger partial charge is 0.233 e. The molecule has 0 bridgehead atoms. The quantitative estimate of drug-likeness (QED) is 0.433. The Kier molecular flexibility index (Phi) is 6.02. The molecule has 0 spiro atoms. The molecule has 0 saturated carbocycles. The molecule has 10 heteroatoms. The Morgan fingerprint density at radius 1 is 1.09 bits per heavy atom. The summed E-state index contributed by atoms with van der Waals surface area (Å²) in [4.78, 5) is 27.9. The Morgan fingerprint density at radius 3 is 2.54 bits per heavy atom. The number of amides is 1. The third kappa shape index (κ3) is 4.64. The zero-order valence-electron chi connectivity index (χ0n) is 20.2. The lowest BCUT2D eigenvalue weighted by Gasteiger charge is -2.21. The van der Waals surface area contributed by atoms with Crippen LogP contribution in [-0.4, -0.2) is 54.3 Å². The van der Waals surface area contributed by atoms with Crippen LogP contribution in [0.3, 0.4) is 0 Å². The number of hydrogen-bond acceptors (Lipinski definition) is 8. The van der Waals surface area contributed by atoms with Gasteiger partial charge in [0.05, 0.1) is 29.3 Å². The van der Waals surface area contributed by atoms with Crippen LogP contribution in [0, 0.1) is 5.92 Å². The van der Waals surface area contributed by atoms with Gasteiger partial charge >= 0.3 is 0 Å². The van der Waals surface area contributed by atoms with E-state index >= 15 is 0 Å². The molecule has 0 unspecified atom stereocenters. The summed E-state index contributed by atoms with van der Waals surface area (Å²) in [6.07, 6.45) is 6.30. The van der Waals surface area contributed by atoms with Gasteiger partial charge in [0.2, 0.25) is 11.9 Å². The number of aryl methyl sites for hydroxylation is 1. The zero-order chi connectivity index (χ0) is 24.5. The highest BCUT2D eigenvalue weighted by Crippen LogP contribution is 2.31. The molecule has 5 heterocycles. The van der Waals surface area contributed by atoms with Crippen LogP contribution in [0.1, 0.15) is 43.6 Å². The second-order valence-corrected chi connectivity index (χ2v) is 9.20.